The lowest BCUT2D eigenvalue weighted by molar-refractivity contribution is 0.131. The summed E-state index contributed by atoms with van der Waals surface area (Å²) in [6.07, 6.45) is 3.61. The van der Waals surface area contributed by atoms with Gasteiger partial charge in [0.15, 0.2) is 0 Å². The fraction of sp³-hybridized carbons (Fsp3) is 0.435. The minimum Gasteiger partial charge on any atom is -0.384 e. The first-order valence-corrected chi connectivity index (χ1v) is 14.9. The van der Waals surface area contributed by atoms with Crippen molar-refractivity contribution in [1.29, 1.82) is 0 Å². The molecule has 12 heteroatoms. The molecule has 0 saturated carbocycles. The van der Waals surface area contributed by atoms with Gasteiger partial charge in [0.05, 0.1) is 10.5 Å². The van der Waals surface area contributed by atoms with Crippen LogP contribution in [0, 0.1) is 0 Å². The number of nitrogens with one attached hydrogen (secondary N) is 2. The van der Waals surface area contributed by atoms with Gasteiger partial charge in [-0.05, 0) is 56.3 Å². The molecule has 3 aromatic rings. The van der Waals surface area contributed by atoms with E-state index in [4.69, 9.17) is 34.8 Å². The first-order chi connectivity index (χ1) is 16.8. The minimum atomic E-state index is -3.56. The van der Waals surface area contributed by atoms with Crippen molar-refractivity contribution in [1.82, 2.24) is 19.5 Å². The lowest BCUT2D eigenvalue weighted by Gasteiger charge is -2.34. The molecule has 1 fully saturated rings. The van der Waals surface area contributed by atoms with E-state index in [-0.39, 0.29) is 13.6 Å². The Hall–Kier alpha value is -1.17. The van der Waals surface area contributed by atoms with Gasteiger partial charge in [-0.3, -0.25) is 4.98 Å². The SMILES string of the molecule is O=S(=O)(NCCCN1CCN(CCCNc2ccnc3cc(Cl)ccc23)CC1)c1cc(Cl)c(Cl)s1. The highest BCUT2D eigenvalue weighted by atomic mass is 35.5. The van der Waals surface area contributed by atoms with E-state index >= 15 is 0 Å². The van der Waals surface area contributed by atoms with Gasteiger partial charge in [-0.25, -0.2) is 13.1 Å². The van der Waals surface area contributed by atoms with Gasteiger partial charge >= 0.3 is 0 Å². The molecule has 0 radical (unpaired) electrons. The summed E-state index contributed by atoms with van der Waals surface area (Å²) in [7, 11) is -3.56. The van der Waals surface area contributed by atoms with Crippen LogP contribution in [0.4, 0.5) is 5.69 Å². The van der Waals surface area contributed by atoms with Gasteiger partial charge in [-0.2, -0.15) is 0 Å². The number of benzene rings is 1. The monoisotopic (exact) mass is 575 g/mol. The molecular formula is C23H28Cl3N5O2S2. The number of hydrogen-bond donors (Lipinski definition) is 2. The second kappa shape index (κ2) is 12.4. The second-order valence-electron chi connectivity index (χ2n) is 8.42. The number of fused-ring (bicyclic) bond motifs is 1. The summed E-state index contributed by atoms with van der Waals surface area (Å²) in [5.74, 6) is 0. The Morgan fingerprint density at radius 2 is 1.63 bits per heavy atom. The molecule has 1 saturated heterocycles. The van der Waals surface area contributed by atoms with Crippen LogP contribution < -0.4 is 10.0 Å². The Kier molecular flexibility index (Phi) is 9.51. The first-order valence-electron chi connectivity index (χ1n) is 11.5. The van der Waals surface area contributed by atoms with Crippen LogP contribution in [0.25, 0.3) is 10.9 Å². The molecule has 0 aliphatic carbocycles. The number of sulfonamides is 1. The van der Waals surface area contributed by atoms with Gasteiger partial charge in [-0.1, -0.05) is 34.8 Å². The molecular weight excluding hydrogens is 549 g/mol. The third-order valence-corrected chi connectivity index (χ3v) is 10.0. The highest BCUT2D eigenvalue weighted by Crippen LogP contribution is 2.34. The maximum Gasteiger partial charge on any atom is 0.250 e. The summed E-state index contributed by atoms with van der Waals surface area (Å²) in [5.41, 5.74) is 1.98. The predicted octanol–water partition coefficient (Wildman–Crippen LogP) is 5.04. The smallest absolute Gasteiger partial charge is 0.250 e. The first kappa shape index (κ1) is 26.9. The largest absolute Gasteiger partial charge is 0.384 e. The lowest BCUT2D eigenvalue weighted by Crippen LogP contribution is -2.47. The predicted molar refractivity (Wildman–Crippen MR) is 147 cm³/mol. The van der Waals surface area contributed by atoms with Crippen molar-refractivity contribution >= 4 is 72.8 Å². The highest BCUT2D eigenvalue weighted by Gasteiger charge is 2.20. The van der Waals surface area contributed by atoms with E-state index in [0.29, 0.717) is 11.6 Å². The summed E-state index contributed by atoms with van der Waals surface area (Å²) in [6.45, 7) is 7.21. The Labute approximate surface area is 225 Å². The number of aromatic nitrogens is 1. The quantitative estimate of drug-likeness (QED) is 0.311. The van der Waals surface area contributed by atoms with E-state index in [1.165, 1.54) is 6.07 Å². The van der Waals surface area contributed by atoms with Gasteiger partial charge < -0.3 is 15.1 Å². The molecule has 0 spiro atoms. The number of nitrogens with zero attached hydrogens (tertiary/aromatic N) is 3. The van der Waals surface area contributed by atoms with Crippen molar-refractivity contribution in [2.24, 2.45) is 0 Å². The Morgan fingerprint density at radius 1 is 0.943 bits per heavy atom. The zero-order valence-electron chi connectivity index (χ0n) is 19.1. The summed E-state index contributed by atoms with van der Waals surface area (Å²) < 4.78 is 27.7. The van der Waals surface area contributed by atoms with Crippen LogP contribution >= 0.6 is 46.1 Å². The average Bonchev–Trinajstić information content (AvgIpc) is 3.19. The molecule has 1 aliphatic rings. The fourth-order valence-corrected chi connectivity index (χ4v) is 7.24. The van der Waals surface area contributed by atoms with E-state index in [1.807, 2.05) is 24.3 Å². The molecule has 0 unspecified atom stereocenters. The summed E-state index contributed by atoms with van der Waals surface area (Å²) in [6, 6.07) is 9.17. The molecule has 7 nitrogen and oxygen atoms in total. The minimum absolute atomic E-state index is 0.150. The number of anilines is 1. The van der Waals surface area contributed by atoms with Crippen LogP contribution in [0.3, 0.4) is 0 Å². The number of pyridine rings is 1. The fourth-order valence-electron chi connectivity index (χ4n) is 4.08. The molecule has 2 aromatic heterocycles. The number of rotatable bonds is 11. The van der Waals surface area contributed by atoms with Crippen LogP contribution in [0.2, 0.25) is 14.4 Å². The normalized spacial score (nSPS) is 15.6. The van der Waals surface area contributed by atoms with Crippen molar-refractivity contribution < 1.29 is 8.42 Å². The third-order valence-electron chi connectivity index (χ3n) is 5.97. The number of thiophene rings is 1. The van der Waals surface area contributed by atoms with E-state index in [1.54, 1.807) is 6.20 Å². The molecule has 0 bridgehead atoms. The van der Waals surface area contributed by atoms with Gasteiger partial charge in [0.25, 0.3) is 0 Å². The molecule has 4 rings (SSSR count). The number of halogens is 3. The molecule has 35 heavy (non-hydrogen) atoms. The van der Waals surface area contributed by atoms with E-state index < -0.39 is 10.0 Å². The van der Waals surface area contributed by atoms with E-state index in [9.17, 15) is 8.42 Å². The van der Waals surface area contributed by atoms with Gasteiger partial charge in [0.2, 0.25) is 10.0 Å². The van der Waals surface area contributed by atoms with Crippen LogP contribution in [-0.4, -0.2) is 75.6 Å². The van der Waals surface area contributed by atoms with Crippen LogP contribution in [0.5, 0.6) is 0 Å². The summed E-state index contributed by atoms with van der Waals surface area (Å²) >= 11 is 18.8. The molecule has 0 atom stereocenters. The molecule has 2 N–H and O–H groups in total. The van der Waals surface area contributed by atoms with Crippen LogP contribution in [-0.2, 0) is 10.0 Å². The van der Waals surface area contributed by atoms with Crippen molar-refractivity contribution in [2.45, 2.75) is 17.1 Å². The van der Waals surface area contributed by atoms with Gasteiger partial charge in [-0.15, -0.1) is 11.3 Å². The zero-order valence-corrected chi connectivity index (χ0v) is 23.0. The molecule has 3 heterocycles. The Balaban J connectivity index is 1.11. The standard InChI is InChI=1S/C23H28Cl3N5O2S2/c24-17-3-4-18-20(5-8-28-21(18)15-17)27-6-1-9-30-11-13-31(14-12-30)10-2-7-29-35(32,33)22-16-19(25)23(26)34-22/h3-5,8,15-16,29H,1-2,6-7,9-14H2,(H,27,28). The maximum atomic E-state index is 12.3. The summed E-state index contributed by atoms with van der Waals surface area (Å²) in [4.78, 5) is 9.25. The highest BCUT2D eigenvalue weighted by molar-refractivity contribution is 7.91. The van der Waals surface area contributed by atoms with Crippen LogP contribution in [0.1, 0.15) is 12.8 Å². The van der Waals surface area contributed by atoms with Crippen molar-refractivity contribution in [2.75, 3.05) is 57.7 Å². The second-order valence-corrected chi connectivity index (χ2v) is 12.9. The topological polar surface area (TPSA) is 77.6 Å². The van der Waals surface area contributed by atoms with E-state index in [2.05, 4.69) is 24.8 Å². The Morgan fingerprint density at radius 3 is 2.29 bits per heavy atom. The van der Waals surface area contributed by atoms with Crippen molar-refractivity contribution in [3.05, 3.63) is 50.9 Å². The molecule has 1 aromatic carbocycles. The molecule has 1 aliphatic heterocycles. The average molecular weight is 577 g/mol. The van der Waals surface area contributed by atoms with Crippen molar-refractivity contribution in [3.63, 3.8) is 0 Å². The molecule has 0 amide bonds. The number of piperazine rings is 1. The van der Waals surface area contributed by atoms with Gasteiger partial charge in [0.1, 0.15) is 8.55 Å². The lowest BCUT2D eigenvalue weighted by atomic mass is 10.2. The third kappa shape index (κ3) is 7.42. The summed E-state index contributed by atoms with van der Waals surface area (Å²) in [5, 5.41) is 5.56. The van der Waals surface area contributed by atoms with Crippen LogP contribution in [0.15, 0.2) is 40.7 Å². The Bertz CT molecular complexity index is 1230. The maximum absolute atomic E-state index is 12.3. The zero-order chi connectivity index (χ0) is 24.8. The number of hydrogen-bond acceptors (Lipinski definition) is 7. The van der Waals surface area contributed by atoms with Gasteiger partial charge in [0, 0.05) is 61.6 Å². The molecule has 190 valence electrons. The van der Waals surface area contributed by atoms with Crippen molar-refractivity contribution in [3.8, 4) is 0 Å². The van der Waals surface area contributed by atoms with E-state index in [0.717, 1.165) is 86.6 Å².